The zero-order valence-electron chi connectivity index (χ0n) is 8.26. The van der Waals surface area contributed by atoms with E-state index in [-0.39, 0.29) is 5.91 Å². The van der Waals surface area contributed by atoms with Gasteiger partial charge in [0, 0.05) is 53.4 Å². The first-order valence-corrected chi connectivity index (χ1v) is 6.30. The molecule has 1 fully saturated rings. The van der Waals surface area contributed by atoms with Gasteiger partial charge in [-0.25, -0.2) is 0 Å². The Bertz CT molecular complexity index is 370. The average molecular weight is 224 g/mol. The molecule has 0 unspecified atom stereocenters. The zero-order chi connectivity index (χ0) is 10.7. The Balaban J connectivity index is 2.06. The summed E-state index contributed by atoms with van der Waals surface area (Å²) in [4.78, 5) is 17.5. The van der Waals surface area contributed by atoms with Crippen LogP contribution in [-0.4, -0.2) is 44.6 Å². The van der Waals surface area contributed by atoms with Crippen LogP contribution in [0.2, 0.25) is 0 Å². The normalized spacial score (nSPS) is 17.7. The summed E-state index contributed by atoms with van der Waals surface area (Å²) < 4.78 is 11.1. The highest BCUT2D eigenvalue weighted by atomic mass is 32.2. The van der Waals surface area contributed by atoms with Crippen molar-refractivity contribution in [3.8, 4) is 0 Å². The maximum absolute atomic E-state index is 11.9. The lowest BCUT2D eigenvalue weighted by molar-refractivity contribution is 0.0771. The molecule has 2 heterocycles. The molecule has 2 rings (SSSR count). The van der Waals surface area contributed by atoms with Gasteiger partial charge < -0.3 is 4.90 Å². The third-order valence-corrected chi connectivity index (χ3v) is 3.67. The number of aromatic nitrogens is 1. The minimum atomic E-state index is -0.740. The van der Waals surface area contributed by atoms with Crippen LogP contribution in [-0.2, 0) is 10.8 Å². The fraction of sp³-hybridized carbons (Fsp3) is 0.400. The number of nitrogens with zero attached hydrogens (tertiary/aromatic N) is 2. The number of carbonyl (C=O) groups is 1. The molecule has 0 N–H and O–H groups in total. The monoisotopic (exact) mass is 224 g/mol. The molecule has 0 aromatic carbocycles. The SMILES string of the molecule is O=C(c1ccncc1)N1CCS(=O)CC1. The Morgan fingerprint density at radius 2 is 1.87 bits per heavy atom. The van der Waals surface area contributed by atoms with Crippen LogP contribution in [0.1, 0.15) is 10.4 Å². The quantitative estimate of drug-likeness (QED) is 0.688. The van der Waals surface area contributed by atoms with Gasteiger partial charge in [-0.1, -0.05) is 0 Å². The fourth-order valence-electron chi connectivity index (χ4n) is 1.52. The number of hydrogen-bond donors (Lipinski definition) is 0. The van der Waals surface area contributed by atoms with E-state index in [1.807, 2.05) is 0 Å². The lowest BCUT2D eigenvalue weighted by Crippen LogP contribution is -2.41. The van der Waals surface area contributed by atoms with Gasteiger partial charge >= 0.3 is 0 Å². The molecule has 1 aliphatic heterocycles. The van der Waals surface area contributed by atoms with Crippen molar-refractivity contribution in [1.82, 2.24) is 9.88 Å². The largest absolute Gasteiger partial charge is 0.337 e. The molecule has 80 valence electrons. The number of hydrogen-bond acceptors (Lipinski definition) is 3. The molecule has 1 aromatic rings. The predicted molar refractivity (Wildman–Crippen MR) is 58.0 cm³/mol. The molecule has 0 spiro atoms. The van der Waals surface area contributed by atoms with Gasteiger partial charge in [0.1, 0.15) is 0 Å². The summed E-state index contributed by atoms with van der Waals surface area (Å²) in [5.74, 6) is 1.20. The standard InChI is InChI=1S/C10H12N2O2S/c13-10(9-1-3-11-4-2-9)12-5-7-15(14)8-6-12/h1-4H,5-8H2. The van der Waals surface area contributed by atoms with Gasteiger partial charge in [0.2, 0.25) is 0 Å². The van der Waals surface area contributed by atoms with E-state index in [0.29, 0.717) is 30.2 Å². The Morgan fingerprint density at radius 1 is 1.27 bits per heavy atom. The summed E-state index contributed by atoms with van der Waals surface area (Å²) in [6.45, 7) is 1.18. The molecule has 1 amide bonds. The Labute approximate surface area is 90.8 Å². The lowest BCUT2D eigenvalue weighted by Gasteiger charge is -2.26. The maximum Gasteiger partial charge on any atom is 0.254 e. The minimum absolute atomic E-state index is 0.00843. The first-order chi connectivity index (χ1) is 7.27. The molecule has 0 atom stereocenters. The second kappa shape index (κ2) is 4.53. The number of rotatable bonds is 1. The zero-order valence-corrected chi connectivity index (χ0v) is 9.07. The number of carbonyl (C=O) groups excluding carboxylic acids is 1. The van der Waals surface area contributed by atoms with Crippen LogP contribution in [0.3, 0.4) is 0 Å². The maximum atomic E-state index is 11.9. The molecule has 1 aromatic heterocycles. The fourth-order valence-corrected chi connectivity index (χ4v) is 2.57. The van der Waals surface area contributed by atoms with Crippen LogP contribution in [0, 0.1) is 0 Å². The molecular weight excluding hydrogens is 212 g/mol. The van der Waals surface area contributed by atoms with Crippen molar-refractivity contribution < 1.29 is 9.00 Å². The summed E-state index contributed by atoms with van der Waals surface area (Å²) in [5.41, 5.74) is 0.651. The van der Waals surface area contributed by atoms with Crippen LogP contribution < -0.4 is 0 Å². The minimum Gasteiger partial charge on any atom is -0.337 e. The average Bonchev–Trinajstić information content (AvgIpc) is 2.30. The molecule has 4 nitrogen and oxygen atoms in total. The van der Waals surface area contributed by atoms with Crippen molar-refractivity contribution in [3.63, 3.8) is 0 Å². The van der Waals surface area contributed by atoms with E-state index in [2.05, 4.69) is 4.98 Å². The second-order valence-electron chi connectivity index (χ2n) is 3.38. The smallest absolute Gasteiger partial charge is 0.254 e. The molecule has 1 saturated heterocycles. The van der Waals surface area contributed by atoms with Gasteiger partial charge in [0.15, 0.2) is 0 Å². The van der Waals surface area contributed by atoms with E-state index in [1.54, 1.807) is 29.4 Å². The van der Waals surface area contributed by atoms with Crippen molar-refractivity contribution in [2.75, 3.05) is 24.6 Å². The van der Waals surface area contributed by atoms with E-state index in [4.69, 9.17) is 0 Å². The summed E-state index contributed by atoms with van der Waals surface area (Å²) in [7, 11) is -0.740. The van der Waals surface area contributed by atoms with Crippen molar-refractivity contribution >= 4 is 16.7 Å². The first kappa shape index (κ1) is 10.3. The van der Waals surface area contributed by atoms with Gasteiger partial charge in [-0.3, -0.25) is 14.0 Å². The Hall–Kier alpha value is -1.23. The van der Waals surface area contributed by atoms with Gasteiger partial charge in [0.25, 0.3) is 5.91 Å². The van der Waals surface area contributed by atoms with Crippen LogP contribution in [0.25, 0.3) is 0 Å². The third kappa shape index (κ3) is 2.41. The molecule has 1 aliphatic rings. The van der Waals surface area contributed by atoms with Crippen molar-refractivity contribution in [1.29, 1.82) is 0 Å². The van der Waals surface area contributed by atoms with Gasteiger partial charge in [0.05, 0.1) is 0 Å². The Kier molecular flexibility index (Phi) is 3.11. The van der Waals surface area contributed by atoms with Gasteiger partial charge in [-0.05, 0) is 12.1 Å². The summed E-state index contributed by atoms with van der Waals surface area (Å²) in [5, 5.41) is 0. The highest BCUT2D eigenvalue weighted by Gasteiger charge is 2.20. The van der Waals surface area contributed by atoms with Crippen LogP contribution in [0.5, 0.6) is 0 Å². The molecule has 0 bridgehead atoms. The van der Waals surface area contributed by atoms with Crippen molar-refractivity contribution in [3.05, 3.63) is 30.1 Å². The van der Waals surface area contributed by atoms with E-state index in [1.165, 1.54) is 0 Å². The molecule has 5 heteroatoms. The van der Waals surface area contributed by atoms with Crippen LogP contribution in [0.15, 0.2) is 24.5 Å². The third-order valence-electron chi connectivity index (χ3n) is 2.39. The van der Waals surface area contributed by atoms with E-state index in [9.17, 15) is 9.00 Å². The van der Waals surface area contributed by atoms with Crippen LogP contribution in [0.4, 0.5) is 0 Å². The summed E-state index contributed by atoms with van der Waals surface area (Å²) in [6, 6.07) is 3.40. The van der Waals surface area contributed by atoms with Crippen molar-refractivity contribution in [2.24, 2.45) is 0 Å². The summed E-state index contributed by atoms with van der Waals surface area (Å²) in [6.07, 6.45) is 3.21. The first-order valence-electron chi connectivity index (χ1n) is 4.81. The number of amides is 1. The van der Waals surface area contributed by atoms with E-state index >= 15 is 0 Å². The molecule has 0 radical (unpaired) electrons. The molecule has 0 aliphatic carbocycles. The summed E-state index contributed by atoms with van der Waals surface area (Å²) >= 11 is 0. The molecule has 0 saturated carbocycles. The van der Waals surface area contributed by atoms with E-state index in [0.717, 1.165) is 0 Å². The van der Waals surface area contributed by atoms with Gasteiger partial charge in [-0.15, -0.1) is 0 Å². The molecule has 15 heavy (non-hydrogen) atoms. The lowest BCUT2D eigenvalue weighted by atomic mass is 10.2. The second-order valence-corrected chi connectivity index (χ2v) is 5.07. The highest BCUT2D eigenvalue weighted by molar-refractivity contribution is 7.85. The van der Waals surface area contributed by atoms with E-state index < -0.39 is 10.8 Å². The number of pyridine rings is 1. The van der Waals surface area contributed by atoms with Crippen molar-refractivity contribution in [2.45, 2.75) is 0 Å². The van der Waals surface area contributed by atoms with Crippen LogP contribution >= 0.6 is 0 Å². The predicted octanol–water partition coefficient (Wildman–Crippen LogP) is 0.286. The molecular formula is C10H12N2O2S. The Morgan fingerprint density at radius 3 is 2.47 bits per heavy atom. The van der Waals surface area contributed by atoms with Gasteiger partial charge in [-0.2, -0.15) is 0 Å². The highest BCUT2D eigenvalue weighted by Crippen LogP contribution is 2.07. The topological polar surface area (TPSA) is 50.3 Å².